The van der Waals surface area contributed by atoms with E-state index in [0.29, 0.717) is 36.8 Å². The first kappa shape index (κ1) is 19.3. The van der Waals surface area contributed by atoms with Crippen LogP contribution in [0.3, 0.4) is 0 Å². The second-order valence-corrected chi connectivity index (χ2v) is 8.17. The SMILES string of the molecule is CCNc1ccc(C(=O)N2CCC(c3nc4ccccc4s3)CC2)cc1[N+](=O)[O-]. The largest absolute Gasteiger partial charge is 0.380 e. The van der Waals surface area contributed by atoms with Crippen LogP contribution < -0.4 is 5.32 Å². The number of amides is 1. The van der Waals surface area contributed by atoms with Gasteiger partial charge in [-0.05, 0) is 44.0 Å². The average Bonchev–Trinajstić information content (AvgIpc) is 3.18. The van der Waals surface area contributed by atoms with E-state index in [0.717, 1.165) is 23.4 Å². The molecule has 2 aromatic carbocycles. The first-order chi connectivity index (χ1) is 14.1. The van der Waals surface area contributed by atoms with Crippen LogP contribution in [-0.4, -0.2) is 40.3 Å². The second-order valence-electron chi connectivity index (χ2n) is 7.11. The molecule has 1 fully saturated rings. The summed E-state index contributed by atoms with van der Waals surface area (Å²) in [7, 11) is 0. The predicted octanol–water partition coefficient (Wildman–Crippen LogP) is 4.66. The number of nitro benzene ring substituents is 1. The molecule has 1 aliphatic heterocycles. The van der Waals surface area contributed by atoms with Crippen molar-refractivity contribution in [1.29, 1.82) is 0 Å². The lowest BCUT2D eigenvalue weighted by atomic mass is 9.97. The van der Waals surface area contributed by atoms with E-state index in [9.17, 15) is 14.9 Å². The van der Waals surface area contributed by atoms with Gasteiger partial charge in [0.05, 0.1) is 20.1 Å². The number of fused-ring (bicyclic) bond motifs is 1. The van der Waals surface area contributed by atoms with Gasteiger partial charge < -0.3 is 10.2 Å². The minimum Gasteiger partial charge on any atom is -0.380 e. The number of nitrogens with zero attached hydrogens (tertiary/aromatic N) is 3. The molecule has 0 radical (unpaired) electrons. The van der Waals surface area contributed by atoms with Gasteiger partial charge in [-0.2, -0.15) is 0 Å². The van der Waals surface area contributed by atoms with Crippen LogP contribution in [0.2, 0.25) is 0 Å². The summed E-state index contributed by atoms with van der Waals surface area (Å²) in [4.78, 5) is 30.3. The summed E-state index contributed by atoms with van der Waals surface area (Å²) >= 11 is 1.72. The van der Waals surface area contributed by atoms with E-state index in [1.807, 2.05) is 25.1 Å². The quantitative estimate of drug-likeness (QED) is 0.488. The Morgan fingerprint density at radius 2 is 2.03 bits per heavy atom. The molecule has 0 saturated carbocycles. The van der Waals surface area contributed by atoms with Crippen molar-refractivity contribution in [2.75, 3.05) is 25.0 Å². The molecule has 1 saturated heterocycles. The molecule has 2 heterocycles. The average molecular weight is 410 g/mol. The van der Waals surface area contributed by atoms with Crippen LogP contribution in [0.4, 0.5) is 11.4 Å². The van der Waals surface area contributed by atoms with E-state index in [-0.39, 0.29) is 11.6 Å². The van der Waals surface area contributed by atoms with Crippen molar-refractivity contribution in [3.63, 3.8) is 0 Å². The topological polar surface area (TPSA) is 88.4 Å². The van der Waals surface area contributed by atoms with Gasteiger partial charge in [0.1, 0.15) is 5.69 Å². The number of likely N-dealkylation sites (tertiary alicyclic amines) is 1. The molecule has 29 heavy (non-hydrogen) atoms. The monoisotopic (exact) mass is 410 g/mol. The molecule has 3 aromatic rings. The number of nitrogens with one attached hydrogen (secondary N) is 1. The molecule has 1 aliphatic rings. The number of benzene rings is 2. The van der Waals surface area contributed by atoms with E-state index in [1.165, 1.54) is 10.8 Å². The van der Waals surface area contributed by atoms with Crippen molar-refractivity contribution in [3.8, 4) is 0 Å². The standard InChI is InChI=1S/C21H22N4O3S/c1-2-22-16-8-7-15(13-18(16)25(27)28)21(26)24-11-9-14(10-12-24)20-23-17-5-3-4-6-19(17)29-20/h3-8,13-14,22H,2,9-12H2,1H3. The number of hydrogen-bond acceptors (Lipinski definition) is 6. The molecule has 7 nitrogen and oxygen atoms in total. The number of piperidine rings is 1. The number of anilines is 1. The number of nitro groups is 1. The molecule has 1 amide bonds. The van der Waals surface area contributed by atoms with Gasteiger partial charge in [-0.1, -0.05) is 12.1 Å². The maximum atomic E-state index is 12.9. The summed E-state index contributed by atoms with van der Waals surface area (Å²) in [6.07, 6.45) is 1.70. The van der Waals surface area contributed by atoms with Gasteiger partial charge in [0.15, 0.2) is 0 Å². The highest BCUT2D eigenvalue weighted by atomic mass is 32.1. The van der Waals surface area contributed by atoms with E-state index >= 15 is 0 Å². The van der Waals surface area contributed by atoms with Crippen LogP contribution in [0.1, 0.15) is 41.0 Å². The number of para-hydroxylation sites is 1. The number of rotatable bonds is 5. The van der Waals surface area contributed by atoms with Gasteiger partial charge in [-0.15, -0.1) is 11.3 Å². The van der Waals surface area contributed by atoms with Crippen LogP contribution >= 0.6 is 11.3 Å². The van der Waals surface area contributed by atoms with Gasteiger partial charge in [0.25, 0.3) is 11.6 Å². The summed E-state index contributed by atoms with van der Waals surface area (Å²) in [5.41, 5.74) is 1.75. The first-order valence-corrected chi connectivity index (χ1v) is 10.6. The molecule has 150 valence electrons. The highest BCUT2D eigenvalue weighted by Crippen LogP contribution is 2.34. The molecule has 0 aliphatic carbocycles. The van der Waals surface area contributed by atoms with Crippen LogP contribution in [-0.2, 0) is 0 Å². The lowest BCUT2D eigenvalue weighted by Gasteiger charge is -2.31. The number of hydrogen-bond donors (Lipinski definition) is 1. The Hall–Kier alpha value is -3.00. The zero-order chi connectivity index (χ0) is 20.4. The van der Waals surface area contributed by atoms with Crippen LogP contribution in [0.5, 0.6) is 0 Å². The van der Waals surface area contributed by atoms with Crippen molar-refractivity contribution in [3.05, 3.63) is 63.1 Å². The van der Waals surface area contributed by atoms with Crippen molar-refractivity contribution in [1.82, 2.24) is 9.88 Å². The Bertz CT molecular complexity index is 1020. The zero-order valence-corrected chi connectivity index (χ0v) is 16.9. The Morgan fingerprint density at radius 3 is 2.72 bits per heavy atom. The molecule has 1 aromatic heterocycles. The normalized spacial score (nSPS) is 14.9. The summed E-state index contributed by atoms with van der Waals surface area (Å²) in [5.74, 6) is 0.195. The van der Waals surface area contributed by atoms with Crippen LogP contribution in [0.15, 0.2) is 42.5 Å². The molecule has 0 unspecified atom stereocenters. The van der Waals surface area contributed by atoms with E-state index in [4.69, 9.17) is 4.98 Å². The van der Waals surface area contributed by atoms with Crippen molar-refractivity contribution in [2.45, 2.75) is 25.7 Å². The lowest BCUT2D eigenvalue weighted by molar-refractivity contribution is -0.384. The van der Waals surface area contributed by atoms with Gasteiger partial charge in [-0.25, -0.2) is 4.98 Å². The Labute approximate surface area is 172 Å². The van der Waals surface area contributed by atoms with E-state index in [2.05, 4.69) is 11.4 Å². The molecule has 8 heteroatoms. The Balaban J connectivity index is 1.46. The maximum Gasteiger partial charge on any atom is 0.293 e. The van der Waals surface area contributed by atoms with E-state index in [1.54, 1.807) is 28.4 Å². The fourth-order valence-corrected chi connectivity index (χ4v) is 4.87. The zero-order valence-electron chi connectivity index (χ0n) is 16.1. The third kappa shape index (κ3) is 3.93. The molecular weight excluding hydrogens is 388 g/mol. The highest BCUT2D eigenvalue weighted by Gasteiger charge is 2.27. The minimum atomic E-state index is -0.450. The fourth-order valence-electron chi connectivity index (χ4n) is 3.73. The van der Waals surface area contributed by atoms with Gasteiger partial charge in [-0.3, -0.25) is 14.9 Å². The molecule has 1 N–H and O–H groups in total. The van der Waals surface area contributed by atoms with Crippen molar-refractivity contribution >= 4 is 38.8 Å². The third-order valence-corrected chi connectivity index (χ3v) is 6.45. The smallest absolute Gasteiger partial charge is 0.293 e. The van der Waals surface area contributed by atoms with Gasteiger partial charge >= 0.3 is 0 Å². The van der Waals surface area contributed by atoms with Crippen LogP contribution in [0, 0.1) is 10.1 Å². The summed E-state index contributed by atoms with van der Waals surface area (Å²) in [5, 5.41) is 15.5. The van der Waals surface area contributed by atoms with Crippen molar-refractivity contribution in [2.24, 2.45) is 0 Å². The molecule has 0 spiro atoms. The molecule has 0 bridgehead atoms. The molecular formula is C21H22N4O3S. The van der Waals surface area contributed by atoms with Crippen LogP contribution in [0.25, 0.3) is 10.2 Å². The van der Waals surface area contributed by atoms with E-state index < -0.39 is 4.92 Å². The first-order valence-electron chi connectivity index (χ1n) is 9.74. The minimum absolute atomic E-state index is 0.0675. The number of thiazole rings is 1. The lowest BCUT2D eigenvalue weighted by Crippen LogP contribution is -2.37. The number of carbonyl (C=O) groups is 1. The summed E-state index contributed by atoms with van der Waals surface area (Å²) < 4.78 is 1.19. The molecule has 4 rings (SSSR count). The highest BCUT2D eigenvalue weighted by molar-refractivity contribution is 7.18. The van der Waals surface area contributed by atoms with Gasteiger partial charge in [0, 0.05) is 37.2 Å². The summed E-state index contributed by atoms with van der Waals surface area (Å²) in [6.45, 7) is 3.70. The summed E-state index contributed by atoms with van der Waals surface area (Å²) in [6, 6.07) is 12.8. The predicted molar refractivity (Wildman–Crippen MR) is 115 cm³/mol. The number of aromatic nitrogens is 1. The Kier molecular flexibility index (Phi) is 5.44. The fraction of sp³-hybridized carbons (Fsp3) is 0.333. The van der Waals surface area contributed by atoms with Crippen molar-refractivity contribution < 1.29 is 9.72 Å². The third-order valence-electron chi connectivity index (χ3n) is 5.25. The molecule has 0 atom stereocenters. The van der Waals surface area contributed by atoms with Gasteiger partial charge in [0.2, 0.25) is 0 Å². The number of carbonyl (C=O) groups excluding carboxylic acids is 1. The maximum absolute atomic E-state index is 12.9. The Morgan fingerprint density at radius 1 is 1.28 bits per heavy atom. The second kappa shape index (κ2) is 8.16.